The van der Waals surface area contributed by atoms with E-state index in [1.54, 1.807) is 4.90 Å². The maximum Gasteiger partial charge on any atom is 0.410 e. The normalized spacial score (nSPS) is 19.9. The molecule has 11 heteroatoms. The molecule has 4 aromatic carbocycles. The summed E-state index contributed by atoms with van der Waals surface area (Å²) in [6.07, 6.45) is -1.45. The van der Waals surface area contributed by atoms with Gasteiger partial charge in [0.1, 0.15) is 31.0 Å². The van der Waals surface area contributed by atoms with E-state index < -0.39 is 30.6 Å². The Morgan fingerprint density at radius 1 is 0.706 bits per heavy atom. The van der Waals surface area contributed by atoms with Gasteiger partial charge in [0.05, 0.1) is 19.8 Å². The number of ether oxygens (including phenoxy) is 5. The number of carbonyl (C=O) groups is 1. The standard InChI is InChI=1S/C40H46N4O7/c41-43-42-36-38(49-29-33-20-10-3-11-21-33)37(48-28-32-18-8-2-9-19-32)35(27-45)51-39(36)47-25-15-5-14-24-44(26-31-16-6-1-7-17-31)40(46)50-30-34-22-12-4-13-23-34/h1-4,6-13,16-23,35-39,45H,5,14-15,24-30H2/t35-,36-,37-,38-,39+/m1/s1. The second-order valence-electron chi connectivity index (χ2n) is 12.3. The van der Waals surface area contributed by atoms with Gasteiger partial charge in [0.15, 0.2) is 6.29 Å². The molecule has 1 aliphatic rings. The van der Waals surface area contributed by atoms with Crippen molar-refractivity contribution in [1.82, 2.24) is 4.90 Å². The highest BCUT2D eigenvalue weighted by Gasteiger charge is 2.47. The fourth-order valence-corrected chi connectivity index (χ4v) is 5.91. The van der Waals surface area contributed by atoms with E-state index >= 15 is 0 Å². The first-order valence-corrected chi connectivity index (χ1v) is 17.4. The number of benzene rings is 4. The fourth-order valence-electron chi connectivity index (χ4n) is 5.91. The molecule has 0 saturated carbocycles. The Kier molecular flexibility index (Phi) is 15.3. The van der Waals surface area contributed by atoms with Crippen LogP contribution in [0.4, 0.5) is 4.79 Å². The molecule has 0 aromatic heterocycles. The van der Waals surface area contributed by atoms with E-state index in [0.29, 0.717) is 26.1 Å². The molecule has 4 aromatic rings. The van der Waals surface area contributed by atoms with Crippen LogP contribution in [0.3, 0.4) is 0 Å². The lowest BCUT2D eigenvalue weighted by molar-refractivity contribution is -0.283. The van der Waals surface area contributed by atoms with Crippen molar-refractivity contribution >= 4 is 6.09 Å². The van der Waals surface area contributed by atoms with Crippen LogP contribution in [0.1, 0.15) is 41.5 Å². The number of aliphatic hydroxyl groups excluding tert-OH is 1. The Bertz CT molecular complexity index is 1610. The molecule has 1 amide bonds. The van der Waals surface area contributed by atoms with Crippen molar-refractivity contribution in [3.8, 4) is 0 Å². The molecule has 0 unspecified atom stereocenters. The molecule has 0 aliphatic carbocycles. The maximum atomic E-state index is 13.1. The Labute approximate surface area is 299 Å². The SMILES string of the molecule is [N-]=[N+]=N[C@H]1[C@@H](OCCCCCN(Cc2ccccc2)C(=O)OCc2ccccc2)O[C@H](CO)[C@@H](OCc2ccccc2)[C@@H]1OCc1ccccc1. The van der Waals surface area contributed by atoms with Crippen LogP contribution in [0.2, 0.25) is 0 Å². The quantitative estimate of drug-likeness (QED) is 0.0463. The molecule has 5 rings (SSSR count). The Morgan fingerprint density at radius 3 is 1.78 bits per heavy atom. The van der Waals surface area contributed by atoms with E-state index in [0.717, 1.165) is 35.1 Å². The van der Waals surface area contributed by atoms with Crippen LogP contribution in [0.25, 0.3) is 10.4 Å². The number of amides is 1. The number of azide groups is 1. The summed E-state index contributed by atoms with van der Waals surface area (Å²) in [5.74, 6) is 0. The highest BCUT2D eigenvalue weighted by atomic mass is 16.7. The summed E-state index contributed by atoms with van der Waals surface area (Å²) >= 11 is 0. The van der Waals surface area contributed by atoms with Gasteiger partial charge < -0.3 is 33.7 Å². The molecule has 11 nitrogen and oxygen atoms in total. The molecular formula is C40H46N4O7. The summed E-state index contributed by atoms with van der Waals surface area (Å²) in [6, 6.07) is 37.9. The predicted molar refractivity (Wildman–Crippen MR) is 192 cm³/mol. The first-order chi connectivity index (χ1) is 25.1. The van der Waals surface area contributed by atoms with E-state index in [-0.39, 0.29) is 32.5 Å². The van der Waals surface area contributed by atoms with Crippen molar-refractivity contribution in [3.05, 3.63) is 154 Å². The molecule has 1 fully saturated rings. The van der Waals surface area contributed by atoms with Crippen molar-refractivity contribution in [3.63, 3.8) is 0 Å². The molecular weight excluding hydrogens is 648 g/mol. The van der Waals surface area contributed by atoms with Crippen LogP contribution in [-0.4, -0.2) is 66.5 Å². The molecule has 1 aliphatic heterocycles. The molecule has 268 valence electrons. The number of hydrogen-bond donors (Lipinski definition) is 1. The minimum atomic E-state index is -0.960. The van der Waals surface area contributed by atoms with Crippen molar-refractivity contribution in [2.24, 2.45) is 5.11 Å². The third-order valence-electron chi connectivity index (χ3n) is 8.58. The van der Waals surface area contributed by atoms with Crippen LogP contribution in [-0.2, 0) is 50.0 Å². The third-order valence-corrected chi connectivity index (χ3v) is 8.58. The predicted octanol–water partition coefficient (Wildman–Crippen LogP) is 7.58. The average Bonchev–Trinajstić information content (AvgIpc) is 3.18. The lowest BCUT2D eigenvalue weighted by Gasteiger charge is -2.44. The molecule has 0 spiro atoms. The van der Waals surface area contributed by atoms with Crippen LogP contribution >= 0.6 is 0 Å². The molecule has 0 bridgehead atoms. The number of aliphatic hydroxyl groups is 1. The molecule has 0 radical (unpaired) electrons. The summed E-state index contributed by atoms with van der Waals surface area (Å²) < 4.78 is 30.7. The number of unbranched alkanes of at least 4 members (excludes halogenated alkanes) is 2. The lowest BCUT2D eigenvalue weighted by Crippen LogP contribution is -2.60. The van der Waals surface area contributed by atoms with Gasteiger partial charge in [-0.05, 0) is 47.0 Å². The van der Waals surface area contributed by atoms with E-state index in [4.69, 9.17) is 23.7 Å². The van der Waals surface area contributed by atoms with Gasteiger partial charge in [0, 0.05) is 24.6 Å². The highest BCUT2D eigenvalue weighted by molar-refractivity contribution is 5.67. The Morgan fingerprint density at radius 2 is 1.24 bits per heavy atom. The second-order valence-corrected chi connectivity index (χ2v) is 12.3. The zero-order valence-electron chi connectivity index (χ0n) is 28.7. The number of nitrogens with zero attached hydrogens (tertiary/aromatic N) is 4. The number of hydrogen-bond acceptors (Lipinski definition) is 8. The van der Waals surface area contributed by atoms with Crippen molar-refractivity contribution in [2.45, 2.75) is 76.3 Å². The Hall–Kier alpha value is -4.74. The number of carbonyl (C=O) groups excluding carboxylic acids is 1. The van der Waals surface area contributed by atoms with Crippen LogP contribution in [0.5, 0.6) is 0 Å². The lowest BCUT2D eigenvalue weighted by atomic mass is 9.96. The second kappa shape index (κ2) is 20.8. The summed E-state index contributed by atoms with van der Waals surface area (Å²) in [4.78, 5) is 17.9. The zero-order chi connectivity index (χ0) is 35.5. The van der Waals surface area contributed by atoms with Crippen molar-refractivity contribution < 1.29 is 33.6 Å². The van der Waals surface area contributed by atoms with E-state index in [2.05, 4.69) is 10.0 Å². The van der Waals surface area contributed by atoms with Gasteiger partial charge >= 0.3 is 6.09 Å². The fraction of sp³-hybridized carbons (Fsp3) is 0.375. The van der Waals surface area contributed by atoms with Crippen molar-refractivity contribution in [2.75, 3.05) is 19.8 Å². The molecule has 1 N–H and O–H groups in total. The van der Waals surface area contributed by atoms with Crippen LogP contribution in [0.15, 0.2) is 126 Å². The summed E-state index contributed by atoms with van der Waals surface area (Å²) in [6.45, 7) is 1.61. The third kappa shape index (κ3) is 11.9. The van der Waals surface area contributed by atoms with Gasteiger partial charge in [-0.25, -0.2) is 4.79 Å². The average molecular weight is 695 g/mol. The van der Waals surface area contributed by atoms with Gasteiger partial charge in [0.2, 0.25) is 0 Å². The topological polar surface area (TPSA) is 135 Å². The van der Waals surface area contributed by atoms with Gasteiger partial charge in [-0.1, -0.05) is 126 Å². The zero-order valence-corrected chi connectivity index (χ0v) is 28.7. The summed E-state index contributed by atoms with van der Waals surface area (Å²) in [7, 11) is 0. The monoisotopic (exact) mass is 694 g/mol. The smallest absolute Gasteiger partial charge is 0.410 e. The highest BCUT2D eigenvalue weighted by Crippen LogP contribution is 2.31. The number of rotatable bonds is 19. The van der Waals surface area contributed by atoms with E-state index in [1.807, 2.05) is 121 Å². The van der Waals surface area contributed by atoms with Crippen LogP contribution < -0.4 is 0 Å². The van der Waals surface area contributed by atoms with Gasteiger partial charge in [-0.15, -0.1) is 0 Å². The molecule has 1 heterocycles. The van der Waals surface area contributed by atoms with Gasteiger partial charge in [-0.2, -0.15) is 0 Å². The largest absolute Gasteiger partial charge is 0.445 e. The summed E-state index contributed by atoms with van der Waals surface area (Å²) in [5.41, 5.74) is 13.4. The Balaban J connectivity index is 1.17. The van der Waals surface area contributed by atoms with Crippen LogP contribution in [0, 0.1) is 0 Å². The first-order valence-electron chi connectivity index (χ1n) is 17.4. The molecule has 1 saturated heterocycles. The minimum absolute atomic E-state index is 0.204. The molecule has 51 heavy (non-hydrogen) atoms. The maximum absolute atomic E-state index is 13.1. The molecule has 5 atom stereocenters. The first kappa shape index (κ1) is 37.5. The van der Waals surface area contributed by atoms with E-state index in [9.17, 15) is 15.4 Å². The van der Waals surface area contributed by atoms with Gasteiger partial charge in [0.25, 0.3) is 0 Å². The minimum Gasteiger partial charge on any atom is -0.445 e. The van der Waals surface area contributed by atoms with Gasteiger partial charge in [-0.3, -0.25) is 0 Å². The summed E-state index contributed by atoms with van der Waals surface area (Å²) in [5, 5.41) is 14.4. The van der Waals surface area contributed by atoms with E-state index in [1.165, 1.54) is 0 Å². The van der Waals surface area contributed by atoms with Crippen molar-refractivity contribution in [1.29, 1.82) is 0 Å².